The van der Waals surface area contributed by atoms with E-state index in [1.165, 1.54) is 0 Å². The van der Waals surface area contributed by atoms with Crippen molar-refractivity contribution in [2.45, 2.75) is 13.0 Å². The molecule has 25 heavy (non-hydrogen) atoms. The highest BCUT2D eigenvalue weighted by Crippen LogP contribution is 2.40. The zero-order valence-corrected chi connectivity index (χ0v) is 16.1. The van der Waals surface area contributed by atoms with Gasteiger partial charge in [0.25, 0.3) is 0 Å². The van der Waals surface area contributed by atoms with Gasteiger partial charge in [0.1, 0.15) is 0 Å². The summed E-state index contributed by atoms with van der Waals surface area (Å²) in [6.45, 7) is 2.07. The van der Waals surface area contributed by atoms with E-state index in [2.05, 4.69) is 23.0 Å². The van der Waals surface area contributed by atoms with Gasteiger partial charge in [-0.25, -0.2) is 5.01 Å². The van der Waals surface area contributed by atoms with Crippen molar-refractivity contribution in [1.29, 1.82) is 0 Å². The van der Waals surface area contributed by atoms with Crippen LogP contribution in [0.5, 0.6) is 11.5 Å². The largest absolute Gasteiger partial charge is 0.493 e. The standard InChI is InChI=1S/C19H20Cl2N2O2/c1-12-9-17(13-5-8-18(24-3)19(10-13)25-4)22(2)23(12)14-6-7-15(20)16(21)11-14/h5-11,17H,1-4H3. The number of nitrogens with zero attached hydrogens (tertiary/aromatic N) is 2. The molecule has 0 spiro atoms. The topological polar surface area (TPSA) is 24.9 Å². The first-order valence-electron chi connectivity index (χ1n) is 7.84. The third-order valence-corrected chi connectivity index (χ3v) is 5.09. The molecule has 1 atom stereocenters. The molecule has 0 bridgehead atoms. The highest BCUT2D eigenvalue weighted by atomic mass is 35.5. The van der Waals surface area contributed by atoms with Crippen molar-refractivity contribution < 1.29 is 9.47 Å². The van der Waals surface area contributed by atoms with E-state index in [1.54, 1.807) is 14.2 Å². The summed E-state index contributed by atoms with van der Waals surface area (Å²) in [6, 6.07) is 11.7. The quantitative estimate of drug-likeness (QED) is 0.718. The number of likely N-dealkylation sites (N-methyl/N-ethyl adjacent to an activating group) is 1. The predicted molar refractivity (Wildman–Crippen MR) is 103 cm³/mol. The Kier molecular flexibility index (Phi) is 5.13. The fourth-order valence-corrected chi connectivity index (χ4v) is 3.42. The van der Waals surface area contributed by atoms with Gasteiger partial charge in [-0.05, 0) is 48.9 Å². The molecule has 2 aromatic carbocycles. The van der Waals surface area contributed by atoms with Gasteiger partial charge in [-0.3, -0.25) is 5.01 Å². The van der Waals surface area contributed by atoms with E-state index in [0.717, 1.165) is 16.9 Å². The normalized spacial score (nSPS) is 17.6. The molecule has 1 unspecified atom stereocenters. The Hall–Kier alpha value is -1.88. The number of allylic oxidation sites excluding steroid dienone is 1. The average molecular weight is 379 g/mol. The second kappa shape index (κ2) is 7.16. The summed E-state index contributed by atoms with van der Waals surface area (Å²) in [5, 5.41) is 5.35. The van der Waals surface area contributed by atoms with Crippen LogP contribution in [0.2, 0.25) is 10.0 Å². The lowest BCUT2D eigenvalue weighted by molar-refractivity contribution is 0.304. The summed E-state index contributed by atoms with van der Waals surface area (Å²) < 4.78 is 10.8. The van der Waals surface area contributed by atoms with Gasteiger partial charge in [0.2, 0.25) is 0 Å². The second-order valence-electron chi connectivity index (χ2n) is 5.85. The Morgan fingerprint density at radius 2 is 1.64 bits per heavy atom. The number of hydrogen-bond acceptors (Lipinski definition) is 4. The Balaban J connectivity index is 1.94. The minimum Gasteiger partial charge on any atom is -0.493 e. The first-order valence-corrected chi connectivity index (χ1v) is 8.60. The summed E-state index contributed by atoms with van der Waals surface area (Å²) in [4.78, 5) is 0. The minimum atomic E-state index is 0.0780. The van der Waals surface area contributed by atoms with Gasteiger partial charge in [0.05, 0.1) is 36.0 Å². The summed E-state index contributed by atoms with van der Waals surface area (Å²) in [6.07, 6.45) is 2.20. The van der Waals surface area contributed by atoms with Crippen LogP contribution < -0.4 is 14.5 Å². The van der Waals surface area contributed by atoms with E-state index in [-0.39, 0.29) is 6.04 Å². The number of hydrogen-bond donors (Lipinski definition) is 0. The molecule has 1 aliphatic heterocycles. The SMILES string of the molecule is COc1ccc(C2C=C(C)N(c3ccc(Cl)c(Cl)c3)N2C)cc1OC. The van der Waals surface area contributed by atoms with Crippen LogP contribution >= 0.6 is 23.2 Å². The smallest absolute Gasteiger partial charge is 0.161 e. The summed E-state index contributed by atoms with van der Waals surface area (Å²) in [7, 11) is 5.31. The maximum Gasteiger partial charge on any atom is 0.161 e. The van der Waals surface area contributed by atoms with E-state index < -0.39 is 0 Å². The van der Waals surface area contributed by atoms with E-state index >= 15 is 0 Å². The molecule has 0 amide bonds. The first kappa shape index (κ1) is 17.9. The van der Waals surface area contributed by atoms with Crippen LogP contribution in [-0.4, -0.2) is 26.3 Å². The van der Waals surface area contributed by atoms with Crippen molar-refractivity contribution in [2.75, 3.05) is 26.3 Å². The van der Waals surface area contributed by atoms with Gasteiger partial charge in [0.15, 0.2) is 11.5 Å². The Labute approximate surface area is 158 Å². The molecule has 2 aromatic rings. The number of ether oxygens (including phenoxy) is 2. The maximum absolute atomic E-state index is 6.19. The van der Waals surface area contributed by atoms with E-state index in [1.807, 2.05) is 43.4 Å². The fraction of sp³-hybridized carbons (Fsp3) is 0.263. The number of hydrazine groups is 1. The predicted octanol–water partition coefficient (Wildman–Crippen LogP) is 5.32. The van der Waals surface area contributed by atoms with Gasteiger partial charge in [-0.2, -0.15) is 0 Å². The van der Waals surface area contributed by atoms with E-state index in [4.69, 9.17) is 32.7 Å². The number of rotatable bonds is 4. The molecule has 4 nitrogen and oxygen atoms in total. The summed E-state index contributed by atoms with van der Waals surface area (Å²) in [5.41, 5.74) is 3.19. The zero-order chi connectivity index (χ0) is 18.1. The molecule has 0 N–H and O–H groups in total. The van der Waals surface area contributed by atoms with Crippen LogP contribution in [0.3, 0.4) is 0 Å². The molecule has 0 saturated heterocycles. The number of anilines is 1. The fourth-order valence-electron chi connectivity index (χ4n) is 3.13. The third kappa shape index (κ3) is 3.30. The van der Waals surface area contributed by atoms with E-state index in [9.17, 15) is 0 Å². The molecule has 3 rings (SSSR count). The number of halogens is 2. The van der Waals surface area contributed by atoms with Crippen molar-refractivity contribution in [3.8, 4) is 11.5 Å². The van der Waals surface area contributed by atoms with Crippen molar-refractivity contribution in [1.82, 2.24) is 5.01 Å². The minimum absolute atomic E-state index is 0.0780. The van der Waals surface area contributed by atoms with Crippen LogP contribution in [-0.2, 0) is 0 Å². The summed E-state index contributed by atoms with van der Waals surface area (Å²) >= 11 is 12.2. The molecular weight excluding hydrogens is 359 g/mol. The third-order valence-electron chi connectivity index (χ3n) is 4.35. The van der Waals surface area contributed by atoms with Gasteiger partial charge in [-0.1, -0.05) is 29.3 Å². The van der Waals surface area contributed by atoms with Crippen LogP contribution in [0.15, 0.2) is 48.2 Å². The first-order chi connectivity index (χ1) is 12.0. The Morgan fingerprint density at radius 3 is 2.28 bits per heavy atom. The zero-order valence-electron chi connectivity index (χ0n) is 14.6. The lowest BCUT2D eigenvalue weighted by atomic mass is 10.1. The second-order valence-corrected chi connectivity index (χ2v) is 6.67. The lowest BCUT2D eigenvalue weighted by Gasteiger charge is -2.32. The summed E-state index contributed by atoms with van der Waals surface area (Å²) in [5.74, 6) is 1.43. The molecule has 0 fully saturated rings. The van der Waals surface area contributed by atoms with Crippen molar-refractivity contribution in [3.05, 3.63) is 63.8 Å². The van der Waals surface area contributed by atoms with Crippen molar-refractivity contribution >= 4 is 28.9 Å². The van der Waals surface area contributed by atoms with Crippen LogP contribution in [0.1, 0.15) is 18.5 Å². The molecule has 0 saturated carbocycles. The van der Waals surface area contributed by atoms with Gasteiger partial charge in [0, 0.05) is 12.7 Å². The van der Waals surface area contributed by atoms with Gasteiger partial charge >= 0.3 is 0 Å². The number of benzene rings is 2. The number of methoxy groups -OCH3 is 2. The molecule has 1 heterocycles. The van der Waals surface area contributed by atoms with Crippen LogP contribution in [0.4, 0.5) is 5.69 Å². The molecule has 0 aromatic heterocycles. The highest BCUT2D eigenvalue weighted by molar-refractivity contribution is 6.42. The van der Waals surface area contributed by atoms with Crippen LogP contribution in [0, 0.1) is 0 Å². The monoisotopic (exact) mass is 378 g/mol. The Morgan fingerprint density at radius 1 is 0.920 bits per heavy atom. The highest BCUT2D eigenvalue weighted by Gasteiger charge is 2.30. The molecule has 0 radical (unpaired) electrons. The molecule has 6 heteroatoms. The molecule has 0 aliphatic carbocycles. The maximum atomic E-state index is 6.19. The van der Waals surface area contributed by atoms with Crippen molar-refractivity contribution in [2.24, 2.45) is 0 Å². The average Bonchev–Trinajstić information content (AvgIpc) is 2.91. The molecule has 1 aliphatic rings. The van der Waals surface area contributed by atoms with Crippen molar-refractivity contribution in [3.63, 3.8) is 0 Å². The Bertz CT molecular complexity index is 823. The lowest BCUT2D eigenvalue weighted by Crippen LogP contribution is -2.35. The molecular formula is C19H20Cl2N2O2. The van der Waals surface area contributed by atoms with Crippen LogP contribution in [0.25, 0.3) is 0 Å². The van der Waals surface area contributed by atoms with E-state index in [0.29, 0.717) is 21.5 Å². The molecule has 132 valence electrons. The van der Waals surface area contributed by atoms with Gasteiger partial charge in [-0.15, -0.1) is 0 Å². The van der Waals surface area contributed by atoms with Gasteiger partial charge < -0.3 is 9.47 Å².